The molecule has 1 aliphatic heterocycles. The molecule has 0 spiro atoms. The molecule has 0 unspecified atom stereocenters. The third kappa shape index (κ3) is 2.81. The number of piperidine rings is 1. The monoisotopic (exact) mass is 309 g/mol. The van der Waals surface area contributed by atoms with Crippen LogP contribution in [0.2, 0.25) is 5.02 Å². The van der Waals surface area contributed by atoms with E-state index in [2.05, 4.69) is 10.1 Å². The first-order valence-corrected chi connectivity index (χ1v) is 7.29. The van der Waals surface area contributed by atoms with E-state index in [0.29, 0.717) is 16.7 Å². The van der Waals surface area contributed by atoms with Crippen molar-refractivity contribution in [3.63, 3.8) is 0 Å². The molecular weight excluding hydrogens is 293 g/mol. The Balaban J connectivity index is 1.70. The maximum Gasteiger partial charge on any atom is 0.218 e. The fourth-order valence-corrected chi connectivity index (χ4v) is 2.87. The first-order valence-electron chi connectivity index (χ1n) is 6.91. The highest BCUT2D eigenvalue weighted by Gasteiger charge is 2.25. The number of nitrogen functional groups attached to an aromatic ring is 1. The van der Waals surface area contributed by atoms with Crippen molar-refractivity contribution in [2.45, 2.75) is 18.8 Å². The minimum atomic E-state index is -0.277. The van der Waals surface area contributed by atoms with Gasteiger partial charge in [0.25, 0.3) is 0 Å². The van der Waals surface area contributed by atoms with Crippen molar-refractivity contribution in [3.8, 4) is 0 Å². The molecule has 2 aromatic rings. The van der Waals surface area contributed by atoms with Crippen LogP contribution in [0.1, 0.15) is 24.6 Å². The minimum Gasteiger partial charge on any atom is -0.369 e. The second-order valence-electron chi connectivity index (χ2n) is 5.31. The van der Waals surface area contributed by atoms with E-state index in [1.165, 1.54) is 6.07 Å². The second kappa shape index (κ2) is 5.52. The van der Waals surface area contributed by atoms with Crippen molar-refractivity contribution in [3.05, 3.63) is 34.9 Å². The Morgan fingerprint density at radius 3 is 2.62 bits per heavy atom. The lowest BCUT2D eigenvalue weighted by Crippen LogP contribution is -2.33. The highest BCUT2D eigenvalue weighted by molar-refractivity contribution is 6.30. The zero-order valence-corrected chi connectivity index (χ0v) is 12.5. The van der Waals surface area contributed by atoms with E-state index < -0.39 is 0 Å². The van der Waals surface area contributed by atoms with Crippen LogP contribution in [-0.4, -0.2) is 27.9 Å². The molecule has 3 rings (SSSR count). The number of nitrogens with zero attached hydrogens (tertiary/aromatic N) is 4. The van der Waals surface area contributed by atoms with E-state index in [0.717, 1.165) is 31.8 Å². The van der Waals surface area contributed by atoms with Crippen molar-refractivity contribution in [2.75, 3.05) is 23.7 Å². The smallest absolute Gasteiger partial charge is 0.218 e. The lowest BCUT2D eigenvalue weighted by atomic mass is 9.96. The summed E-state index contributed by atoms with van der Waals surface area (Å²) in [5.41, 5.74) is 6.32. The van der Waals surface area contributed by atoms with E-state index in [4.69, 9.17) is 17.3 Å². The zero-order valence-electron chi connectivity index (χ0n) is 11.8. The number of rotatable bonds is 2. The summed E-state index contributed by atoms with van der Waals surface area (Å²) in [6.45, 7) is 1.53. The Morgan fingerprint density at radius 2 is 2.05 bits per heavy atom. The number of aromatic nitrogens is 3. The Hall–Kier alpha value is -1.82. The summed E-state index contributed by atoms with van der Waals surface area (Å²) < 4.78 is 15.5. The summed E-state index contributed by atoms with van der Waals surface area (Å²) >= 11 is 5.79. The number of halogens is 2. The van der Waals surface area contributed by atoms with Gasteiger partial charge in [0.05, 0.1) is 5.69 Å². The number of hydrogen-bond donors (Lipinski definition) is 1. The molecule has 1 aromatic heterocycles. The fourth-order valence-electron chi connectivity index (χ4n) is 2.71. The molecule has 5 nitrogen and oxygen atoms in total. The Bertz CT molecular complexity index is 629. The largest absolute Gasteiger partial charge is 0.369 e. The molecule has 1 fully saturated rings. The predicted molar refractivity (Wildman–Crippen MR) is 81.0 cm³/mol. The Kier molecular flexibility index (Phi) is 3.71. The van der Waals surface area contributed by atoms with Crippen LogP contribution in [0.25, 0.3) is 0 Å². The molecule has 7 heteroatoms. The van der Waals surface area contributed by atoms with E-state index in [1.807, 2.05) is 4.90 Å². The molecule has 2 N–H and O–H groups in total. The average molecular weight is 310 g/mol. The Labute approximate surface area is 127 Å². The molecule has 1 aliphatic rings. The van der Waals surface area contributed by atoms with Crippen molar-refractivity contribution in [2.24, 2.45) is 7.05 Å². The molecule has 0 radical (unpaired) electrons. The van der Waals surface area contributed by atoms with Gasteiger partial charge in [-0.3, -0.25) is 0 Å². The van der Waals surface area contributed by atoms with Crippen LogP contribution >= 0.6 is 11.6 Å². The number of aryl methyl sites for hydroxylation is 1. The standard InChI is InChI=1S/C14H17ClFN5/c1-20-14(17)18-13(19-20)9-4-6-21(7-5-9)12-3-2-10(15)8-11(12)16/h2-3,8-9H,4-7H2,1H3,(H2,17,18,19). The Morgan fingerprint density at radius 1 is 1.33 bits per heavy atom. The number of nitrogens with two attached hydrogens (primary N) is 1. The molecule has 0 aliphatic carbocycles. The van der Waals surface area contributed by atoms with Gasteiger partial charge < -0.3 is 10.6 Å². The van der Waals surface area contributed by atoms with Gasteiger partial charge in [-0.2, -0.15) is 10.1 Å². The summed E-state index contributed by atoms with van der Waals surface area (Å²) in [6, 6.07) is 4.80. The van der Waals surface area contributed by atoms with Crippen molar-refractivity contribution in [1.82, 2.24) is 14.8 Å². The summed E-state index contributed by atoms with van der Waals surface area (Å²) in [6.07, 6.45) is 1.76. The van der Waals surface area contributed by atoms with Crippen LogP contribution in [0.4, 0.5) is 16.0 Å². The molecule has 2 heterocycles. The van der Waals surface area contributed by atoms with Gasteiger partial charge in [-0.1, -0.05) is 11.6 Å². The van der Waals surface area contributed by atoms with Gasteiger partial charge in [-0.15, -0.1) is 0 Å². The normalized spacial score (nSPS) is 16.4. The maximum absolute atomic E-state index is 13.9. The molecule has 0 bridgehead atoms. The van der Waals surface area contributed by atoms with Gasteiger partial charge in [-0.25, -0.2) is 9.07 Å². The zero-order chi connectivity index (χ0) is 15.0. The first kappa shape index (κ1) is 14.1. The number of benzene rings is 1. The van der Waals surface area contributed by atoms with Gasteiger partial charge in [0.1, 0.15) is 5.82 Å². The predicted octanol–water partition coefficient (Wildman–Crippen LogP) is 2.57. The molecule has 21 heavy (non-hydrogen) atoms. The quantitative estimate of drug-likeness (QED) is 0.926. The molecule has 0 amide bonds. The van der Waals surface area contributed by atoms with Gasteiger partial charge in [0.2, 0.25) is 5.95 Å². The molecule has 1 saturated heterocycles. The number of hydrogen-bond acceptors (Lipinski definition) is 4. The highest BCUT2D eigenvalue weighted by atomic mass is 35.5. The summed E-state index contributed by atoms with van der Waals surface area (Å²) in [5.74, 6) is 1.21. The summed E-state index contributed by atoms with van der Waals surface area (Å²) in [4.78, 5) is 6.32. The van der Waals surface area contributed by atoms with Gasteiger partial charge in [0, 0.05) is 31.1 Å². The molecule has 0 saturated carbocycles. The van der Waals surface area contributed by atoms with E-state index in [1.54, 1.807) is 23.9 Å². The molecular formula is C14H17ClFN5. The lowest BCUT2D eigenvalue weighted by Gasteiger charge is -2.32. The fraction of sp³-hybridized carbons (Fsp3) is 0.429. The topological polar surface area (TPSA) is 60.0 Å². The van der Waals surface area contributed by atoms with Crippen LogP contribution in [0.3, 0.4) is 0 Å². The van der Waals surface area contributed by atoms with Crippen LogP contribution < -0.4 is 10.6 Å². The maximum atomic E-state index is 13.9. The number of anilines is 2. The summed E-state index contributed by atoms with van der Waals surface area (Å²) in [7, 11) is 1.78. The van der Waals surface area contributed by atoms with Gasteiger partial charge >= 0.3 is 0 Å². The van der Waals surface area contributed by atoms with Crippen molar-refractivity contribution in [1.29, 1.82) is 0 Å². The van der Waals surface area contributed by atoms with E-state index >= 15 is 0 Å². The average Bonchev–Trinajstić information content (AvgIpc) is 2.79. The van der Waals surface area contributed by atoms with Crippen LogP contribution in [0.5, 0.6) is 0 Å². The van der Waals surface area contributed by atoms with E-state index in [-0.39, 0.29) is 11.7 Å². The third-order valence-electron chi connectivity index (χ3n) is 3.92. The van der Waals surface area contributed by atoms with Crippen LogP contribution in [-0.2, 0) is 7.05 Å². The van der Waals surface area contributed by atoms with Crippen LogP contribution in [0.15, 0.2) is 18.2 Å². The van der Waals surface area contributed by atoms with E-state index in [9.17, 15) is 4.39 Å². The summed E-state index contributed by atoms with van der Waals surface area (Å²) in [5, 5.41) is 4.75. The van der Waals surface area contributed by atoms with Crippen molar-refractivity contribution >= 4 is 23.2 Å². The van der Waals surface area contributed by atoms with Crippen molar-refractivity contribution < 1.29 is 4.39 Å². The molecule has 112 valence electrons. The highest BCUT2D eigenvalue weighted by Crippen LogP contribution is 2.31. The molecule has 1 aromatic carbocycles. The minimum absolute atomic E-state index is 0.277. The SMILES string of the molecule is Cn1nc(C2CCN(c3ccc(Cl)cc3F)CC2)nc1N. The first-order chi connectivity index (χ1) is 10.0. The third-order valence-corrected chi connectivity index (χ3v) is 4.16. The second-order valence-corrected chi connectivity index (χ2v) is 5.75. The molecule has 0 atom stereocenters. The lowest BCUT2D eigenvalue weighted by molar-refractivity contribution is 0.477. The van der Waals surface area contributed by atoms with Crippen LogP contribution in [0, 0.1) is 5.82 Å². The van der Waals surface area contributed by atoms with Gasteiger partial charge in [-0.05, 0) is 31.0 Å². The van der Waals surface area contributed by atoms with Gasteiger partial charge in [0.15, 0.2) is 5.82 Å².